The third-order valence-electron chi connectivity index (χ3n) is 2.49. The Kier molecular flexibility index (Phi) is 4.02. The maximum Gasteiger partial charge on any atom is 0.125 e. The Hall–Kier alpha value is -2.23. The number of pyridine rings is 1. The molecule has 94 valence electrons. The van der Waals surface area contributed by atoms with Crippen LogP contribution in [0.5, 0.6) is 5.75 Å². The van der Waals surface area contributed by atoms with Gasteiger partial charge in [0, 0.05) is 24.5 Å². The second-order valence-electron chi connectivity index (χ2n) is 3.90. The lowest BCUT2D eigenvalue weighted by atomic mass is 10.2. The number of nitrogens with two attached hydrogens (primary N) is 1. The fraction of sp³-hybridized carbons (Fsp3) is 0.214. The molecule has 0 aliphatic heterocycles. The number of nitrogens with zero attached hydrogens (tertiary/aromatic N) is 1. The van der Waals surface area contributed by atoms with Crippen LogP contribution in [0.25, 0.3) is 0 Å². The lowest BCUT2D eigenvalue weighted by Crippen LogP contribution is -2.01. The summed E-state index contributed by atoms with van der Waals surface area (Å²) in [4.78, 5) is 3.95. The fourth-order valence-corrected chi connectivity index (χ4v) is 1.67. The highest BCUT2D eigenvalue weighted by Gasteiger charge is 1.97. The molecule has 18 heavy (non-hydrogen) atoms. The predicted molar refractivity (Wildman–Crippen MR) is 73.6 cm³/mol. The zero-order chi connectivity index (χ0) is 12.8. The van der Waals surface area contributed by atoms with Gasteiger partial charge in [-0.15, -0.1) is 0 Å². The number of ether oxygens (including phenoxy) is 1. The van der Waals surface area contributed by atoms with E-state index < -0.39 is 0 Å². The number of benzene rings is 1. The molecule has 1 aromatic carbocycles. The van der Waals surface area contributed by atoms with Gasteiger partial charge in [0.2, 0.25) is 0 Å². The minimum Gasteiger partial charge on any atom is -0.494 e. The van der Waals surface area contributed by atoms with Crippen molar-refractivity contribution in [1.29, 1.82) is 0 Å². The Morgan fingerprint density at radius 3 is 2.94 bits per heavy atom. The second-order valence-corrected chi connectivity index (χ2v) is 3.90. The summed E-state index contributed by atoms with van der Waals surface area (Å²) in [7, 11) is 0. The normalized spacial score (nSPS) is 10.1. The van der Waals surface area contributed by atoms with Crippen LogP contribution < -0.4 is 15.8 Å². The van der Waals surface area contributed by atoms with Crippen molar-refractivity contribution in [1.82, 2.24) is 4.98 Å². The number of hydrogen-bond donors (Lipinski definition) is 2. The molecule has 3 N–H and O–H groups in total. The van der Waals surface area contributed by atoms with Gasteiger partial charge >= 0.3 is 0 Å². The molecule has 0 atom stereocenters. The molecule has 0 saturated heterocycles. The molecule has 1 aromatic heterocycles. The van der Waals surface area contributed by atoms with Gasteiger partial charge in [-0.2, -0.15) is 0 Å². The van der Waals surface area contributed by atoms with E-state index in [4.69, 9.17) is 10.5 Å². The Morgan fingerprint density at radius 1 is 1.28 bits per heavy atom. The number of hydrogen-bond acceptors (Lipinski definition) is 4. The first-order chi connectivity index (χ1) is 8.78. The van der Waals surface area contributed by atoms with E-state index in [0.29, 0.717) is 12.4 Å². The summed E-state index contributed by atoms with van der Waals surface area (Å²) in [5.74, 6) is 1.41. The van der Waals surface area contributed by atoms with Gasteiger partial charge in [0.15, 0.2) is 0 Å². The Labute approximate surface area is 107 Å². The molecule has 2 aromatic rings. The minimum absolute atomic E-state index is 0.517. The average Bonchev–Trinajstić information content (AvgIpc) is 2.37. The highest BCUT2D eigenvalue weighted by molar-refractivity contribution is 5.50. The zero-order valence-electron chi connectivity index (χ0n) is 10.4. The highest BCUT2D eigenvalue weighted by atomic mass is 16.5. The molecular weight excluding hydrogens is 226 g/mol. The quantitative estimate of drug-likeness (QED) is 0.847. The summed E-state index contributed by atoms with van der Waals surface area (Å²) in [5.41, 5.74) is 7.75. The number of rotatable bonds is 5. The van der Waals surface area contributed by atoms with Crippen LogP contribution in [0, 0.1) is 0 Å². The van der Waals surface area contributed by atoms with Crippen LogP contribution in [0.4, 0.5) is 11.5 Å². The summed E-state index contributed by atoms with van der Waals surface area (Å²) >= 11 is 0. The van der Waals surface area contributed by atoms with E-state index in [-0.39, 0.29) is 0 Å². The van der Waals surface area contributed by atoms with Crippen molar-refractivity contribution in [2.75, 3.05) is 17.7 Å². The van der Waals surface area contributed by atoms with E-state index in [9.17, 15) is 0 Å². The van der Waals surface area contributed by atoms with Crippen LogP contribution in [0.2, 0.25) is 0 Å². The molecule has 0 aliphatic rings. The number of aromatic nitrogens is 1. The van der Waals surface area contributed by atoms with E-state index in [0.717, 1.165) is 23.5 Å². The topological polar surface area (TPSA) is 60.2 Å². The van der Waals surface area contributed by atoms with Crippen molar-refractivity contribution in [2.24, 2.45) is 0 Å². The van der Waals surface area contributed by atoms with Crippen LogP contribution in [0.3, 0.4) is 0 Å². The van der Waals surface area contributed by atoms with Gasteiger partial charge in [-0.25, -0.2) is 4.98 Å². The first kappa shape index (κ1) is 12.2. The van der Waals surface area contributed by atoms with E-state index >= 15 is 0 Å². The summed E-state index contributed by atoms with van der Waals surface area (Å²) in [6.07, 6.45) is 1.69. The first-order valence-electron chi connectivity index (χ1n) is 5.95. The Morgan fingerprint density at radius 2 is 2.17 bits per heavy atom. The van der Waals surface area contributed by atoms with E-state index in [2.05, 4.69) is 16.4 Å². The van der Waals surface area contributed by atoms with Gasteiger partial charge in [-0.3, -0.25) is 0 Å². The van der Waals surface area contributed by atoms with Crippen molar-refractivity contribution >= 4 is 11.5 Å². The van der Waals surface area contributed by atoms with Crippen molar-refractivity contribution < 1.29 is 4.74 Å². The van der Waals surface area contributed by atoms with Gasteiger partial charge in [-0.05, 0) is 30.7 Å². The lowest BCUT2D eigenvalue weighted by Gasteiger charge is -2.08. The van der Waals surface area contributed by atoms with Gasteiger partial charge < -0.3 is 15.8 Å². The smallest absolute Gasteiger partial charge is 0.125 e. The van der Waals surface area contributed by atoms with Gasteiger partial charge in [0.25, 0.3) is 0 Å². The molecule has 2 rings (SSSR count). The number of nitrogens with one attached hydrogen (secondary N) is 1. The average molecular weight is 243 g/mol. The molecular formula is C14H17N3O. The van der Waals surface area contributed by atoms with Gasteiger partial charge in [0.05, 0.1) is 6.61 Å². The molecule has 0 aliphatic carbocycles. The molecule has 0 spiro atoms. The lowest BCUT2D eigenvalue weighted by molar-refractivity contribution is 0.340. The van der Waals surface area contributed by atoms with E-state index in [1.165, 1.54) is 0 Å². The molecule has 0 unspecified atom stereocenters. The van der Waals surface area contributed by atoms with Crippen molar-refractivity contribution in [2.45, 2.75) is 13.5 Å². The van der Waals surface area contributed by atoms with Crippen LogP contribution in [-0.4, -0.2) is 11.6 Å². The SMILES string of the molecule is CCOc1cccc(CNc2ccnc(N)c2)c1. The van der Waals surface area contributed by atoms with Crippen molar-refractivity contribution in [3.8, 4) is 5.75 Å². The largest absolute Gasteiger partial charge is 0.494 e. The molecule has 0 amide bonds. The van der Waals surface area contributed by atoms with Crippen LogP contribution in [0.15, 0.2) is 42.6 Å². The number of anilines is 2. The first-order valence-corrected chi connectivity index (χ1v) is 5.95. The van der Waals surface area contributed by atoms with Gasteiger partial charge in [0.1, 0.15) is 11.6 Å². The molecule has 0 radical (unpaired) electrons. The van der Waals surface area contributed by atoms with E-state index in [1.807, 2.05) is 37.3 Å². The van der Waals surface area contributed by atoms with Crippen LogP contribution >= 0.6 is 0 Å². The van der Waals surface area contributed by atoms with Crippen LogP contribution in [-0.2, 0) is 6.54 Å². The highest BCUT2D eigenvalue weighted by Crippen LogP contribution is 2.15. The predicted octanol–water partition coefficient (Wildman–Crippen LogP) is 2.67. The zero-order valence-corrected chi connectivity index (χ0v) is 10.4. The monoisotopic (exact) mass is 243 g/mol. The van der Waals surface area contributed by atoms with Crippen molar-refractivity contribution in [3.63, 3.8) is 0 Å². The molecule has 0 fully saturated rings. The third-order valence-corrected chi connectivity index (χ3v) is 2.49. The molecule has 4 heteroatoms. The summed E-state index contributed by atoms with van der Waals surface area (Å²) in [6.45, 7) is 3.38. The third kappa shape index (κ3) is 3.38. The minimum atomic E-state index is 0.517. The maximum absolute atomic E-state index is 5.62. The summed E-state index contributed by atoms with van der Waals surface area (Å²) in [5, 5.41) is 3.30. The standard InChI is InChI=1S/C14H17N3O/c1-2-18-13-5-3-4-11(8-13)10-17-12-6-7-16-14(15)9-12/h3-9H,2,10H2,1H3,(H3,15,16,17). The fourth-order valence-electron chi connectivity index (χ4n) is 1.67. The van der Waals surface area contributed by atoms with Crippen molar-refractivity contribution in [3.05, 3.63) is 48.2 Å². The second kappa shape index (κ2) is 5.91. The Bertz CT molecular complexity index is 514. The molecule has 4 nitrogen and oxygen atoms in total. The van der Waals surface area contributed by atoms with Crippen LogP contribution in [0.1, 0.15) is 12.5 Å². The number of nitrogen functional groups attached to an aromatic ring is 1. The molecule has 0 bridgehead atoms. The van der Waals surface area contributed by atoms with Gasteiger partial charge in [-0.1, -0.05) is 12.1 Å². The Balaban J connectivity index is 1.99. The molecule has 0 saturated carbocycles. The maximum atomic E-state index is 5.62. The summed E-state index contributed by atoms with van der Waals surface area (Å²) < 4.78 is 5.46. The summed E-state index contributed by atoms with van der Waals surface area (Å²) in [6, 6.07) is 11.7. The molecule has 1 heterocycles. The van der Waals surface area contributed by atoms with E-state index in [1.54, 1.807) is 6.20 Å².